The highest BCUT2D eigenvalue weighted by molar-refractivity contribution is 5.81. The van der Waals surface area contributed by atoms with Crippen LogP contribution in [0.15, 0.2) is 0 Å². The van der Waals surface area contributed by atoms with Gasteiger partial charge in [0.25, 0.3) is 0 Å². The summed E-state index contributed by atoms with van der Waals surface area (Å²) in [4.78, 5) is 13.0. The van der Waals surface area contributed by atoms with Crippen LogP contribution in [-0.2, 0) is 11.3 Å². The van der Waals surface area contributed by atoms with E-state index in [4.69, 9.17) is 0 Å². The lowest BCUT2D eigenvalue weighted by atomic mass is 9.52. The highest BCUT2D eigenvalue weighted by Gasteiger charge is 2.53. The van der Waals surface area contributed by atoms with Gasteiger partial charge in [-0.3, -0.25) is 4.79 Å². The molecule has 0 spiro atoms. The SMILES string of the molecule is Cc1nnnn1CC(=O)[C@H]1CC[C@H]2[C@@H]3CC[C@H]4C[C@](C)(O)CC[C@@H]4[C@H]3CC[C@@H]21. The number of tetrazole rings is 1. The molecule has 0 saturated heterocycles. The Hall–Kier alpha value is -1.30. The van der Waals surface area contributed by atoms with Gasteiger partial charge >= 0.3 is 0 Å². The van der Waals surface area contributed by atoms with Gasteiger partial charge in [-0.15, -0.1) is 5.10 Å². The number of carbonyl (C=O) groups excluding carboxylic acids is 1. The van der Waals surface area contributed by atoms with E-state index in [1.165, 1.54) is 38.5 Å². The monoisotopic (exact) mass is 386 g/mol. The van der Waals surface area contributed by atoms with Crippen LogP contribution >= 0.6 is 0 Å². The van der Waals surface area contributed by atoms with Gasteiger partial charge in [0.15, 0.2) is 5.78 Å². The van der Waals surface area contributed by atoms with Crippen LogP contribution in [0.4, 0.5) is 0 Å². The molecule has 6 nitrogen and oxygen atoms in total. The van der Waals surface area contributed by atoms with Crippen molar-refractivity contribution in [2.75, 3.05) is 0 Å². The number of aliphatic hydroxyl groups is 1. The van der Waals surface area contributed by atoms with Crippen molar-refractivity contribution in [3.05, 3.63) is 5.82 Å². The van der Waals surface area contributed by atoms with Crippen LogP contribution in [0, 0.1) is 48.3 Å². The Morgan fingerprint density at radius 3 is 2.50 bits per heavy atom. The molecule has 6 heteroatoms. The average Bonchev–Trinajstić information content (AvgIpc) is 3.26. The largest absolute Gasteiger partial charge is 0.390 e. The summed E-state index contributed by atoms with van der Waals surface area (Å²) in [6, 6.07) is 0. The standard InChI is InChI=1S/C22H34N4O2/c1-13-23-24-25-26(13)12-21(27)20-8-7-18-17-4-3-14-11-22(2,28)10-9-15(14)16(17)5-6-19(18)20/h14-20,28H,3-12H2,1-2H3/t14-,15-,16+,17+,18-,19-,20-,22+/m0/s1. The molecule has 1 aromatic rings. The Bertz CT molecular complexity index is 745. The van der Waals surface area contributed by atoms with Crippen molar-refractivity contribution in [1.29, 1.82) is 0 Å². The predicted octanol–water partition coefficient (Wildman–Crippen LogP) is 3.18. The molecule has 0 unspecified atom stereocenters. The third kappa shape index (κ3) is 3.12. The van der Waals surface area contributed by atoms with Gasteiger partial charge < -0.3 is 5.11 Å². The molecule has 1 N–H and O–H groups in total. The topological polar surface area (TPSA) is 80.9 Å². The van der Waals surface area contributed by atoms with Crippen molar-refractivity contribution in [3.8, 4) is 0 Å². The molecule has 0 bridgehead atoms. The Balaban J connectivity index is 1.27. The number of hydrogen-bond donors (Lipinski definition) is 1. The number of hydrogen-bond acceptors (Lipinski definition) is 5. The molecular formula is C22H34N4O2. The third-order valence-electron chi connectivity index (χ3n) is 8.99. The zero-order valence-electron chi connectivity index (χ0n) is 17.3. The molecule has 154 valence electrons. The van der Waals surface area contributed by atoms with E-state index in [2.05, 4.69) is 15.5 Å². The van der Waals surface area contributed by atoms with E-state index in [-0.39, 0.29) is 5.92 Å². The molecule has 1 heterocycles. The number of fused-ring (bicyclic) bond motifs is 5. The van der Waals surface area contributed by atoms with Crippen LogP contribution in [0.1, 0.15) is 70.5 Å². The summed E-state index contributed by atoms with van der Waals surface area (Å²) in [6.45, 7) is 4.22. The van der Waals surface area contributed by atoms with E-state index in [0.717, 1.165) is 54.7 Å². The molecule has 1 aromatic heterocycles. The Morgan fingerprint density at radius 1 is 1.04 bits per heavy atom. The van der Waals surface area contributed by atoms with Crippen molar-refractivity contribution in [3.63, 3.8) is 0 Å². The molecule has 5 rings (SSSR count). The lowest BCUT2D eigenvalue weighted by molar-refractivity contribution is -0.127. The highest BCUT2D eigenvalue weighted by Crippen LogP contribution is 2.59. The van der Waals surface area contributed by atoms with Crippen LogP contribution < -0.4 is 0 Å². The fourth-order valence-corrected chi connectivity index (χ4v) is 7.80. The summed E-state index contributed by atoms with van der Waals surface area (Å²) in [6.07, 6.45) is 10.6. The van der Waals surface area contributed by atoms with Crippen molar-refractivity contribution in [2.45, 2.75) is 83.8 Å². The van der Waals surface area contributed by atoms with Crippen molar-refractivity contribution < 1.29 is 9.90 Å². The molecule has 0 aromatic carbocycles. The summed E-state index contributed by atoms with van der Waals surface area (Å²) in [5.74, 6) is 5.78. The van der Waals surface area contributed by atoms with E-state index < -0.39 is 5.60 Å². The molecule has 0 radical (unpaired) electrons. The van der Waals surface area contributed by atoms with Crippen molar-refractivity contribution >= 4 is 5.78 Å². The Kier molecular flexibility index (Phi) is 4.61. The first-order chi connectivity index (χ1) is 13.4. The minimum atomic E-state index is -0.440. The van der Waals surface area contributed by atoms with E-state index in [1.54, 1.807) is 4.68 Å². The van der Waals surface area contributed by atoms with Crippen LogP contribution in [0.3, 0.4) is 0 Å². The maximum Gasteiger partial charge on any atom is 0.157 e. The van der Waals surface area contributed by atoms with E-state index in [9.17, 15) is 9.90 Å². The molecule has 0 amide bonds. The van der Waals surface area contributed by atoms with Crippen LogP contribution in [0.5, 0.6) is 0 Å². The summed E-state index contributed by atoms with van der Waals surface area (Å²) >= 11 is 0. The van der Waals surface area contributed by atoms with E-state index in [0.29, 0.717) is 18.2 Å². The minimum Gasteiger partial charge on any atom is -0.390 e. The second-order valence-electron chi connectivity index (χ2n) is 10.5. The molecule has 4 aliphatic carbocycles. The van der Waals surface area contributed by atoms with Gasteiger partial charge in [0, 0.05) is 5.92 Å². The summed E-state index contributed by atoms with van der Waals surface area (Å²) in [5, 5.41) is 22.1. The number of aryl methyl sites for hydroxylation is 1. The number of ketones is 1. The first-order valence-corrected chi connectivity index (χ1v) is 11.4. The highest BCUT2D eigenvalue weighted by atomic mass is 16.3. The van der Waals surface area contributed by atoms with Crippen LogP contribution in [-0.4, -0.2) is 36.7 Å². The minimum absolute atomic E-state index is 0.208. The summed E-state index contributed by atoms with van der Waals surface area (Å²) in [7, 11) is 0. The molecule has 28 heavy (non-hydrogen) atoms. The lowest BCUT2D eigenvalue weighted by Crippen LogP contribution is -2.48. The molecule has 4 fully saturated rings. The molecule has 4 aliphatic rings. The van der Waals surface area contributed by atoms with Gasteiger partial charge in [-0.05, 0) is 118 Å². The van der Waals surface area contributed by atoms with Gasteiger partial charge in [0.05, 0.1) is 5.60 Å². The second-order valence-corrected chi connectivity index (χ2v) is 10.5. The van der Waals surface area contributed by atoms with Gasteiger partial charge in [0.1, 0.15) is 12.4 Å². The fourth-order valence-electron chi connectivity index (χ4n) is 7.80. The fraction of sp³-hybridized carbons (Fsp3) is 0.909. The molecular weight excluding hydrogens is 352 g/mol. The number of Topliss-reactive ketones (excluding diaryl/α,β-unsaturated/α-hetero) is 1. The Labute approximate surface area is 167 Å². The van der Waals surface area contributed by atoms with E-state index in [1.807, 2.05) is 13.8 Å². The first kappa shape index (κ1) is 18.7. The average molecular weight is 387 g/mol. The maximum atomic E-state index is 13.0. The van der Waals surface area contributed by atoms with Crippen molar-refractivity contribution in [1.82, 2.24) is 20.2 Å². The predicted molar refractivity (Wildman–Crippen MR) is 104 cm³/mol. The molecule has 4 saturated carbocycles. The maximum absolute atomic E-state index is 13.0. The van der Waals surface area contributed by atoms with Gasteiger partial charge in [-0.25, -0.2) is 4.68 Å². The summed E-state index contributed by atoms with van der Waals surface area (Å²) in [5.41, 5.74) is -0.440. The number of carbonyl (C=O) groups is 1. The zero-order chi connectivity index (χ0) is 19.5. The first-order valence-electron chi connectivity index (χ1n) is 11.4. The smallest absolute Gasteiger partial charge is 0.157 e. The van der Waals surface area contributed by atoms with E-state index >= 15 is 0 Å². The Morgan fingerprint density at radius 2 is 1.71 bits per heavy atom. The quantitative estimate of drug-likeness (QED) is 0.863. The summed E-state index contributed by atoms with van der Waals surface area (Å²) < 4.78 is 1.65. The zero-order valence-corrected chi connectivity index (χ0v) is 17.3. The van der Waals surface area contributed by atoms with Gasteiger partial charge in [-0.2, -0.15) is 0 Å². The lowest BCUT2D eigenvalue weighted by Gasteiger charge is -2.54. The van der Waals surface area contributed by atoms with Crippen LogP contribution in [0.25, 0.3) is 0 Å². The van der Waals surface area contributed by atoms with Gasteiger partial charge in [0.2, 0.25) is 0 Å². The van der Waals surface area contributed by atoms with Crippen molar-refractivity contribution in [2.24, 2.45) is 41.4 Å². The van der Waals surface area contributed by atoms with Gasteiger partial charge in [-0.1, -0.05) is 0 Å². The number of rotatable bonds is 3. The molecule has 8 atom stereocenters. The normalized spacial score (nSPS) is 45.2. The van der Waals surface area contributed by atoms with Crippen LogP contribution in [0.2, 0.25) is 0 Å². The third-order valence-corrected chi connectivity index (χ3v) is 8.99. The molecule has 0 aliphatic heterocycles. The second kappa shape index (κ2) is 6.89. The number of nitrogens with zero attached hydrogens (tertiary/aromatic N) is 4. The number of aromatic nitrogens is 4.